The highest BCUT2D eigenvalue weighted by Gasteiger charge is 2.32. The zero-order valence-corrected chi connectivity index (χ0v) is 19.1. The minimum atomic E-state index is -1.33. The zero-order valence-electron chi connectivity index (χ0n) is 19.1. The molecule has 0 radical (unpaired) electrons. The maximum atomic E-state index is 12.5. The lowest BCUT2D eigenvalue weighted by molar-refractivity contribution is -0.144. The van der Waals surface area contributed by atoms with Gasteiger partial charge < -0.3 is 25.6 Å². The van der Waals surface area contributed by atoms with Crippen molar-refractivity contribution in [3.8, 4) is 11.1 Å². The van der Waals surface area contributed by atoms with Gasteiger partial charge in [0.05, 0.1) is 6.10 Å². The van der Waals surface area contributed by atoms with E-state index in [4.69, 9.17) is 9.84 Å². The number of alkyl carbamates (subject to hydrolysis) is 1. The van der Waals surface area contributed by atoms with Crippen molar-refractivity contribution in [1.29, 1.82) is 0 Å². The fourth-order valence-corrected chi connectivity index (χ4v) is 5.08. The number of carbonyl (C=O) groups excluding carboxylic acids is 2. The molecule has 0 bridgehead atoms. The number of aliphatic hydroxyl groups is 1. The number of carbonyl (C=O) groups is 3. The number of aliphatic hydroxyl groups excluding tert-OH is 1. The molecule has 2 aliphatic carbocycles. The Morgan fingerprint density at radius 2 is 1.65 bits per heavy atom. The monoisotopic (exact) mass is 466 g/mol. The second-order valence-corrected chi connectivity index (χ2v) is 9.17. The van der Waals surface area contributed by atoms with Crippen LogP contribution >= 0.6 is 0 Å². The molecule has 0 spiro atoms. The van der Waals surface area contributed by atoms with Crippen molar-refractivity contribution in [2.45, 2.75) is 56.7 Å². The van der Waals surface area contributed by atoms with Crippen molar-refractivity contribution >= 4 is 18.0 Å². The zero-order chi connectivity index (χ0) is 24.2. The van der Waals surface area contributed by atoms with Crippen molar-refractivity contribution in [3.05, 3.63) is 59.7 Å². The van der Waals surface area contributed by atoms with E-state index in [1.807, 2.05) is 24.3 Å². The van der Waals surface area contributed by atoms with E-state index >= 15 is 0 Å². The van der Waals surface area contributed by atoms with Crippen molar-refractivity contribution in [2.24, 2.45) is 5.92 Å². The van der Waals surface area contributed by atoms with Crippen molar-refractivity contribution in [3.63, 3.8) is 0 Å². The lowest BCUT2D eigenvalue weighted by Crippen LogP contribution is -2.48. The Kier molecular flexibility index (Phi) is 7.17. The minimum absolute atomic E-state index is 0.00531. The number of amides is 2. The van der Waals surface area contributed by atoms with Crippen molar-refractivity contribution in [2.75, 3.05) is 6.61 Å². The fraction of sp³-hybridized carbons (Fsp3) is 0.423. The summed E-state index contributed by atoms with van der Waals surface area (Å²) in [5.41, 5.74) is 4.65. The lowest BCUT2D eigenvalue weighted by atomic mass is 9.98. The van der Waals surface area contributed by atoms with Gasteiger partial charge in [-0.25, -0.2) is 9.59 Å². The van der Waals surface area contributed by atoms with Crippen LogP contribution in [0.4, 0.5) is 4.79 Å². The quantitative estimate of drug-likeness (QED) is 0.474. The maximum absolute atomic E-state index is 12.5. The molecule has 8 heteroatoms. The highest BCUT2D eigenvalue weighted by atomic mass is 16.5. The van der Waals surface area contributed by atoms with Gasteiger partial charge in [0.25, 0.3) is 0 Å². The Labute approximate surface area is 198 Å². The third-order valence-corrected chi connectivity index (χ3v) is 6.75. The van der Waals surface area contributed by atoms with Crippen LogP contribution in [-0.4, -0.2) is 53.0 Å². The predicted octanol–water partition coefficient (Wildman–Crippen LogP) is 3.03. The molecule has 0 unspecified atom stereocenters. The Bertz CT molecular complexity index is 1020. The summed E-state index contributed by atoms with van der Waals surface area (Å²) in [5, 5.41) is 23.9. The molecule has 0 aromatic heterocycles. The second-order valence-electron chi connectivity index (χ2n) is 9.17. The van der Waals surface area contributed by atoms with E-state index in [9.17, 15) is 19.5 Å². The van der Waals surface area contributed by atoms with E-state index in [0.717, 1.165) is 24.0 Å². The van der Waals surface area contributed by atoms with Gasteiger partial charge in [0.1, 0.15) is 6.61 Å². The van der Waals surface area contributed by atoms with Crippen LogP contribution in [0.15, 0.2) is 48.5 Å². The standard InChI is InChI=1S/C26H30N2O6/c1-15(29)24(25(31)32)28-23(30)13-16-10-11-17(12-16)27-26(33)34-14-22-20-8-4-2-6-18(20)19-7-3-5-9-21(19)22/h2-9,15-17,22,24,29H,10-14H2,1H3,(H,27,33)(H,28,30)(H,31,32)/t15-,16-,17+,24+/m1/s1. The first-order chi connectivity index (χ1) is 16.3. The number of nitrogens with one attached hydrogen (secondary N) is 2. The van der Waals surface area contributed by atoms with Crippen molar-refractivity contribution < 1.29 is 29.3 Å². The number of benzene rings is 2. The SMILES string of the molecule is C[C@@H](O)[C@H](NC(=O)C[C@@H]1CC[C@H](NC(=O)OCC2c3ccccc3-c3ccccc32)C1)C(=O)O. The molecule has 1 saturated carbocycles. The summed E-state index contributed by atoms with van der Waals surface area (Å²) in [6, 6.07) is 14.9. The molecule has 2 amide bonds. The number of carboxylic acid groups (broad SMARTS) is 1. The maximum Gasteiger partial charge on any atom is 0.407 e. The van der Waals surface area contributed by atoms with Gasteiger partial charge >= 0.3 is 12.1 Å². The average Bonchev–Trinajstić information content (AvgIpc) is 3.37. The van der Waals surface area contributed by atoms with E-state index in [1.165, 1.54) is 18.1 Å². The number of carboxylic acids is 1. The Morgan fingerprint density at radius 1 is 1.03 bits per heavy atom. The predicted molar refractivity (Wildman–Crippen MR) is 125 cm³/mol. The Balaban J connectivity index is 1.26. The highest BCUT2D eigenvalue weighted by molar-refractivity contribution is 5.84. The van der Waals surface area contributed by atoms with Crippen LogP contribution in [0.5, 0.6) is 0 Å². The lowest BCUT2D eigenvalue weighted by Gasteiger charge is -2.19. The fourth-order valence-electron chi connectivity index (χ4n) is 5.08. The first-order valence-electron chi connectivity index (χ1n) is 11.6. The van der Waals surface area contributed by atoms with Crippen LogP contribution < -0.4 is 10.6 Å². The summed E-state index contributed by atoms with van der Waals surface area (Å²) in [7, 11) is 0. The molecule has 2 aromatic rings. The average molecular weight is 467 g/mol. The number of fused-ring (bicyclic) bond motifs is 3. The summed E-state index contributed by atoms with van der Waals surface area (Å²) in [5.74, 6) is -1.67. The first-order valence-corrected chi connectivity index (χ1v) is 11.6. The molecular formula is C26H30N2O6. The summed E-state index contributed by atoms with van der Waals surface area (Å²) in [4.78, 5) is 35.8. The van der Waals surface area contributed by atoms with E-state index in [1.54, 1.807) is 0 Å². The third kappa shape index (κ3) is 5.22. The topological polar surface area (TPSA) is 125 Å². The van der Waals surface area contributed by atoms with Crippen LogP contribution in [0.3, 0.4) is 0 Å². The number of aliphatic carboxylic acids is 1. The molecule has 1 fully saturated rings. The number of rotatable bonds is 8. The molecule has 2 aliphatic rings. The molecule has 8 nitrogen and oxygen atoms in total. The van der Waals surface area contributed by atoms with E-state index in [2.05, 4.69) is 34.9 Å². The minimum Gasteiger partial charge on any atom is -0.480 e. The molecule has 4 N–H and O–H groups in total. The van der Waals surface area contributed by atoms with E-state index in [-0.39, 0.29) is 30.9 Å². The van der Waals surface area contributed by atoms with Crippen LogP contribution in [0.2, 0.25) is 0 Å². The Morgan fingerprint density at radius 3 is 2.24 bits per heavy atom. The summed E-state index contributed by atoms with van der Waals surface area (Å²) >= 11 is 0. The highest BCUT2D eigenvalue weighted by Crippen LogP contribution is 2.44. The van der Waals surface area contributed by atoms with Gasteiger partial charge in [-0.2, -0.15) is 0 Å². The van der Waals surface area contributed by atoms with Gasteiger partial charge in [-0.1, -0.05) is 48.5 Å². The Hall–Kier alpha value is -3.39. The third-order valence-electron chi connectivity index (χ3n) is 6.75. The molecule has 4 atom stereocenters. The van der Waals surface area contributed by atoms with Gasteiger partial charge in [0.2, 0.25) is 5.91 Å². The summed E-state index contributed by atoms with van der Waals surface area (Å²) < 4.78 is 5.60. The number of hydrogen-bond donors (Lipinski definition) is 4. The summed E-state index contributed by atoms with van der Waals surface area (Å²) in [6.07, 6.45) is 0.573. The number of hydrogen-bond acceptors (Lipinski definition) is 5. The smallest absolute Gasteiger partial charge is 0.407 e. The van der Waals surface area contributed by atoms with Gasteiger partial charge in [-0.15, -0.1) is 0 Å². The molecule has 34 heavy (non-hydrogen) atoms. The molecule has 0 saturated heterocycles. The van der Waals surface area contributed by atoms with Crippen LogP contribution in [-0.2, 0) is 14.3 Å². The van der Waals surface area contributed by atoms with Gasteiger partial charge in [0.15, 0.2) is 6.04 Å². The van der Waals surface area contributed by atoms with Gasteiger partial charge in [-0.3, -0.25) is 4.79 Å². The van der Waals surface area contributed by atoms with Gasteiger partial charge in [-0.05, 0) is 54.4 Å². The molecule has 0 aliphatic heterocycles. The second kappa shape index (κ2) is 10.3. The largest absolute Gasteiger partial charge is 0.480 e. The summed E-state index contributed by atoms with van der Waals surface area (Å²) in [6.45, 7) is 1.57. The van der Waals surface area contributed by atoms with E-state index < -0.39 is 30.1 Å². The van der Waals surface area contributed by atoms with Gasteiger partial charge in [0, 0.05) is 18.4 Å². The number of ether oxygens (including phenoxy) is 1. The molecular weight excluding hydrogens is 436 g/mol. The van der Waals surface area contributed by atoms with Crippen molar-refractivity contribution in [1.82, 2.24) is 10.6 Å². The molecule has 180 valence electrons. The van der Waals surface area contributed by atoms with E-state index in [0.29, 0.717) is 6.42 Å². The van der Waals surface area contributed by atoms with Crippen LogP contribution in [0.25, 0.3) is 11.1 Å². The molecule has 4 rings (SSSR count). The van der Waals surface area contributed by atoms with Crippen LogP contribution in [0, 0.1) is 5.92 Å². The molecule has 2 aromatic carbocycles. The first kappa shape index (κ1) is 23.8. The normalized spacial score (nSPS) is 20.6. The van der Waals surface area contributed by atoms with Crippen LogP contribution in [0.1, 0.15) is 49.7 Å². The molecule has 0 heterocycles.